The van der Waals surface area contributed by atoms with Gasteiger partial charge < -0.3 is 19.6 Å². The zero-order valence-corrected chi connectivity index (χ0v) is 16.0. The summed E-state index contributed by atoms with van der Waals surface area (Å²) in [5, 5.41) is 0. The van der Waals surface area contributed by atoms with Crippen molar-refractivity contribution in [2.24, 2.45) is 0 Å². The van der Waals surface area contributed by atoms with Gasteiger partial charge in [0.05, 0.1) is 0 Å². The summed E-state index contributed by atoms with van der Waals surface area (Å²) < 4.78 is 0. The fourth-order valence-electron chi connectivity index (χ4n) is 3.68. The third-order valence-electron chi connectivity index (χ3n) is 5.57. The third kappa shape index (κ3) is 4.24. The van der Waals surface area contributed by atoms with Crippen molar-refractivity contribution in [1.82, 2.24) is 19.6 Å². The van der Waals surface area contributed by atoms with Gasteiger partial charge in [0.1, 0.15) is 0 Å². The highest BCUT2D eigenvalue weighted by Crippen LogP contribution is 2.14. The first-order valence-electron chi connectivity index (χ1n) is 9.75. The highest BCUT2D eigenvalue weighted by Gasteiger charge is 2.24. The van der Waals surface area contributed by atoms with Gasteiger partial charge in [-0.05, 0) is 31.3 Å². The largest absolute Gasteiger partial charge is 0.336 e. The second-order valence-electron chi connectivity index (χ2n) is 7.03. The summed E-state index contributed by atoms with van der Waals surface area (Å²) in [5.41, 5.74) is 1.24. The number of piperazine rings is 2. The Labute approximate surface area is 156 Å². The number of rotatable bonds is 4. The van der Waals surface area contributed by atoms with Gasteiger partial charge in [0.15, 0.2) is 0 Å². The molecule has 0 saturated carbocycles. The van der Waals surface area contributed by atoms with Crippen molar-refractivity contribution in [3.05, 3.63) is 35.4 Å². The van der Waals surface area contributed by atoms with Crippen molar-refractivity contribution in [3.63, 3.8) is 0 Å². The lowest BCUT2D eigenvalue weighted by Crippen LogP contribution is -2.49. The molecule has 0 spiro atoms. The Balaban J connectivity index is 1.64. The van der Waals surface area contributed by atoms with Gasteiger partial charge in [-0.1, -0.05) is 19.9 Å². The van der Waals surface area contributed by atoms with E-state index in [1.807, 2.05) is 28.0 Å². The molecule has 1 aromatic carbocycles. The van der Waals surface area contributed by atoms with Gasteiger partial charge in [0.2, 0.25) is 0 Å². The zero-order valence-electron chi connectivity index (χ0n) is 16.0. The van der Waals surface area contributed by atoms with Crippen LogP contribution >= 0.6 is 0 Å². The number of hydrogen-bond acceptors (Lipinski definition) is 4. The fraction of sp³-hybridized carbons (Fsp3) is 0.600. The van der Waals surface area contributed by atoms with Gasteiger partial charge in [-0.15, -0.1) is 0 Å². The lowest BCUT2D eigenvalue weighted by molar-refractivity contribution is 0.0641. The molecule has 0 N–H and O–H groups in total. The molecule has 26 heavy (non-hydrogen) atoms. The second kappa shape index (κ2) is 8.64. The SMILES string of the molecule is CCN1CCN(C(=O)c2cccc(C(=O)N3CCN(CC)CC3)c2)CC1. The molecular weight excluding hydrogens is 328 g/mol. The quantitative estimate of drug-likeness (QED) is 0.813. The Hall–Kier alpha value is -1.92. The Bertz CT molecular complexity index is 581. The number of hydrogen-bond donors (Lipinski definition) is 0. The van der Waals surface area contributed by atoms with Crippen molar-refractivity contribution in [2.75, 3.05) is 65.4 Å². The molecule has 142 valence electrons. The fourth-order valence-corrected chi connectivity index (χ4v) is 3.68. The Morgan fingerprint density at radius 1 is 0.731 bits per heavy atom. The van der Waals surface area contributed by atoms with Gasteiger partial charge in [-0.25, -0.2) is 0 Å². The van der Waals surface area contributed by atoms with E-state index in [9.17, 15) is 9.59 Å². The monoisotopic (exact) mass is 358 g/mol. The summed E-state index contributed by atoms with van der Waals surface area (Å²) in [6, 6.07) is 7.23. The maximum atomic E-state index is 12.8. The molecule has 0 bridgehead atoms. The van der Waals surface area contributed by atoms with E-state index in [0.717, 1.165) is 65.4 Å². The first-order chi connectivity index (χ1) is 12.6. The number of benzene rings is 1. The van der Waals surface area contributed by atoms with Crippen LogP contribution in [0.25, 0.3) is 0 Å². The topological polar surface area (TPSA) is 47.1 Å². The van der Waals surface area contributed by atoms with E-state index in [1.54, 1.807) is 6.07 Å². The van der Waals surface area contributed by atoms with Crippen LogP contribution in [0.5, 0.6) is 0 Å². The first kappa shape index (κ1) is 18.9. The molecule has 0 unspecified atom stereocenters. The number of carbonyl (C=O) groups is 2. The van der Waals surface area contributed by atoms with Crippen molar-refractivity contribution < 1.29 is 9.59 Å². The Kier molecular flexibility index (Phi) is 6.27. The normalized spacial score (nSPS) is 19.6. The molecule has 2 heterocycles. The molecule has 2 saturated heterocycles. The van der Waals surface area contributed by atoms with Crippen molar-refractivity contribution in [1.29, 1.82) is 0 Å². The maximum absolute atomic E-state index is 12.8. The number of amides is 2. The molecule has 0 radical (unpaired) electrons. The minimum Gasteiger partial charge on any atom is -0.336 e. The second-order valence-corrected chi connectivity index (χ2v) is 7.03. The Morgan fingerprint density at radius 2 is 1.12 bits per heavy atom. The highest BCUT2D eigenvalue weighted by molar-refractivity contribution is 5.99. The number of nitrogens with zero attached hydrogens (tertiary/aromatic N) is 4. The standard InChI is InChI=1S/C20H30N4O2/c1-3-21-8-12-23(13-9-21)19(25)17-6-5-7-18(16-17)20(26)24-14-10-22(4-2)11-15-24/h5-7,16H,3-4,8-15H2,1-2H3. The summed E-state index contributed by atoms with van der Waals surface area (Å²) >= 11 is 0. The average Bonchev–Trinajstić information content (AvgIpc) is 2.73. The summed E-state index contributed by atoms with van der Waals surface area (Å²) in [5.74, 6) is 0.0670. The number of carbonyl (C=O) groups excluding carboxylic acids is 2. The average molecular weight is 358 g/mol. The van der Waals surface area contributed by atoms with Crippen LogP contribution in [0.3, 0.4) is 0 Å². The van der Waals surface area contributed by atoms with Crippen LogP contribution in [0.15, 0.2) is 24.3 Å². The summed E-state index contributed by atoms with van der Waals surface area (Å²) in [7, 11) is 0. The molecule has 0 atom stereocenters. The lowest BCUT2D eigenvalue weighted by Gasteiger charge is -2.34. The van der Waals surface area contributed by atoms with Crippen LogP contribution in [0, 0.1) is 0 Å². The summed E-state index contributed by atoms with van der Waals surface area (Å²) in [6.45, 7) is 13.0. The van der Waals surface area contributed by atoms with Gasteiger partial charge in [0, 0.05) is 63.5 Å². The number of likely N-dealkylation sites (N-methyl/N-ethyl adjacent to an activating group) is 2. The smallest absolute Gasteiger partial charge is 0.253 e. The highest BCUT2D eigenvalue weighted by atomic mass is 16.2. The molecule has 2 aliphatic rings. The predicted octanol–water partition coefficient (Wildman–Crippen LogP) is 1.24. The van der Waals surface area contributed by atoms with E-state index >= 15 is 0 Å². The van der Waals surface area contributed by atoms with Crippen molar-refractivity contribution in [3.8, 4) is 0 Å². The van der Waals surface area contributed by atoms with E-state index in [-0.39, 0.29) is 11.8 Å². The zero-order chi connectivity index (χ0) is 18.5. The molecule has 6 heteroatoms. The molecule has 6 nitrogen and oxygen atoms in total. The first-order valence-corrected chi connectivity index (χ1v) is 9.75. The molecule has 2 aliphatic heterocycles. The molecule has 2 fully saturated rings. The van der Waals surface area contributed by atoms with Gasteiger partial charge in [-0.2, -0.15) is 0 Å². The minimum atomic E-state index is 0.0335. The molecule has 1 aromatic rings. The van der Waals surface area contributed by atoms with Gasteiger partial charge >= 0.3 is 0 Å². The van der Waals surface area contributed by atoms with Crippen LogP contribution in [0.2, 0.25) is 0 Å². The van der Waals surface area contributed by atoms with Crippen molar-refractivity contribution in [2.45, 2.75) is 13.8 Å². The molecular formula is C20H30N4O2. The predicted molar refractivity (Wildman–Crippen MR) is 102 cm³/mol. The van der Waals surface area contributed by atoms with Crippen molar-refractivity contribution >= 4 is 11.8 Å². The minimum absolute atomic E-state index is 0.0335. The molecule has 3 rings (SSSR count). The molecule has 0 aliphatic carbocycles. The molecule has 0 aromatic heterocycles. The van der Waals surface area contributed by atoms with Crippen LogP contribution in [-0.4, -0.2) is 96.9 Å². The molecule has 2 amide bonds. The van der Waals surface area contributed by atoms with E-state index < -0.39 is 0 Å². The van der Waals surface area contributed by atoms with Gasteiger partial charge in [-0.3, -0.25) is 9.59 Å². The van der Waals surface area contributed by atoms with Crippen LogP contribution in [-0.2, 0) is 0 Å². The van der Waals surface area contributed by atoms with E-state index in [1.165, 1.54) is 0 Å². The Morgan fingerprint density at radius 3 is 1.46 bits per heavy atom. The van der Waals surface area contributed by atoms with Crippen LogP contribution < -0.4 is 0 Å². The van der Waals surface area contributed by atoms with E-state index in [0.29, 0.717) is 11.1 Å². The summed E-state index contributed by atoms with van der Waals surface area (Å²) in [4.78, 5) is 34.1. The van der Waals surface area contributed by atoms with Gasteiger partial charge in [0.25, 0.3) is 11.8 Å². The van der Waals surface area contributed by atoms with E-state index in [4.69, 9.17) is 0 Å². The summed E-state index contributed by atoms with van der Waals surface area (Å²) in [6.07, 6.45) is 0. The third-order valence-corrected chi connectivity index (χ3v) is 5.57. The van der Waals surface area contributed by atoms with E-state index in [2.05, 4.69) is 23.6 Å². The van der Waals surface area contributed by atoms with Crippen LogP contribution in [0.4, 0.5) is 0 Å². The van der Waals surface area contributed by atoms with Crippen LogP contribution in [0.1, 0.15) is 34.6 Å². The maximum Gasteiger partial charge on any atom is 0.253 e. The lowest BCUT2D eigenvalue weighted by atomic mass is 10.1.